The summed E-state index contributed by atoms with van der Waals surface area (Å²) in [5, 5.41) is 0.574. The minimum Gasteiger partial charge on any atom is -0.441 e. The van der Waals surface area contributed by atoms with Gasteiger partial charge in [0.15, 0.2) is 11.1 Å². The number of hydrogen-bond acceptors (Lipinski definition) is 6. The van der Waals surface area contributed by atoms with Crippen LogP contribution in [0.1, 0.15) is 12.7 Å². The van der Waals surface area contributed by atoms with Gasteiger partial charge in [-0.05, 0) is 49.0 Å². The minimum absolute atomic E-state index is 0.113. The number of hydrogen-bond donors (Lipinski definition) is 0. The summed E-state index contributed by atoms with van der Waals surface area (Å²) in [5.74, 6) is 0.966. The lowest BCUT2D eigenvalue weighted by atomic mass is 10.3. The Kier molecular flexibility index (Phi) is 5.50. The second-order valence-corrected chi connectivity index (χ2v) is 7.32. The fourth-order valence-electron chi connectivity index (χ4n) is 3.00. The molecule has 0 unspecified atom stereocenters. The van der Waals surface area contributed by atoms with Crippen molar-refractivity contribution < 1.29 is 18.3 Å². The quantitative estimate of drug-likeness (QED) is 0.728. The summed E-state index contributed by atoms with van der Waals surface area (Å²) in [6, 6.07) is 9.64. The third-order valence-electron chi connectivity index (χ3n) is 4.46. The first kappa shape index (κ1) is 18.8. The van der Waals surface area contributed by atoms with Gasteiger partial charge in [0, 0.05) is 31.8 Å². The van der Waals surface area contributed by atoms with Gasteiger partial charge in [0.1, 0.15) is 11.6 Å². The van der Waals surface area contributed by atoms with Crippen molar-refractivity contribution in [2.75, 3.05) is 37.7 Å². The van der Waals surface area contributed by atoms with E-state index >= 15 is 0 Å². The molecule has 6 nitrogen and oxygen atoms in total. The molecule has 4 rings (SSSR count). The fourth-order valence-corrected chi connectivity index (χ4v) is 4.04. The normalized spacial score (nSPS) is 20.6. The molecule has 0 saturated carbocycles. The van der Waals surface area contributed by atoms with E-state index in [2.05, 4.69) is 9.89 Å². The molecule has 3 heterocycles. The third-order valence-corrected chi connectivity index (χ3v) is 5.47. The molecule has 1 aromatic carbocycles. The van der Waals surface area contributed by atoms with Gasteiger partial charge in [0.05, 0.1) is 23.8 Å². The summed E-state index contributed by atoms with van der Waals surface area (Å²) in [4.78, 5) is 21.5. The highest BCUT2D eigenvalue weighted by molar-refractivity contribution is 8.18. The van der Waals surface area contributed by atoms with Crippen LogP contribution in [0.15, 0.2) is 50.7 Å². The summed E-state index contributed by atoms with van der Waals surface area (Å²) >= 11 is 1.29. The topological polar surface area (TPSA) is 58.3 Å². The number of rotatable bonds is 4. The van der Waals surface area contributed by atoms with Crippen LogP contribution in [-0.2, 0) is 9.53 Å². The molecular formula is C20H20FN3O3S. The maximum atomic E-state index is 13.1. The largest absolute Gasteiger partial charge is 0.441 e. The van der Waals surface area contributed by atoms with Crippen molar-refractivity contribution in [2.45, 2.75) is 6.92 Å². The highest BCUT2D eigenvalue weighted by Crippen LogP contribution is 2.34. The molecule has 0 atom stereocenters. The van der Waals surface area contributed by atoms with Gasteiger partial charge >= 0.3 is 0 Å². The number of amides is 1. The Hall–Kier alpha value is -2.58. The SMILES string of the molecule is CCN1C(=O)/C(=C/c2ccc(N3CCOCC3)o2)SC1=Nc1ccc(F)cc1. The molecule has 1 aromatic heterocycles. The number of amidine groups is 1. The summed E-state index contributed by atoms with van der Waals surface area (Å²) in [6.07, 6.45) is 1.74. The van der Waals surface area contributed by atoms with Gasteiger partial charge in [0.25, 0.3) is 5.91 Å². The van der Waals surface area contributed by atoms with E-state index < -0.39 is 0 Å². The predicted molar refractivity (Wildman–Crippen MR) is 108 cm³/mol. The van der Waals surface area contributed by atoms with Crippen LogP contribution in [0.5, 0.6) is 0 Å². The van der Waals surface area contributed by atoms with Crippen molar-refractivity contribution in [3.8, 4) is 0 Å². The van der Waals surface area contributed by atoms with Crippen LogP contribution in [0.2, 0.25) is 0 Å². The highest BCUT2D eigenvalue weighted by Gasteiger charge is 2.32. The van der Waals surface area contributed by atoms with Crippen LogP contribution in [0.3, 0.4) is 0 Å². The van der Waals surface area contributed by atoms with Crippen LogP contribution in [-0.4, -0.2) is 48.8 Å². The zero-order valence-electron chi connectivity index (χ0n) is 15.4. The zero-order valence-corrected chi connectivity index (χ0v) is 16.2. The monoisotopic (exact) mass is 401 g/mol. The number of nitrogens with zero attached hydrogens (tertiary/aromatic N) is 3. The number of anilines is 1. The van der Waals surface area contributed by atoms with Crippen LogP contribution in [0.25, 0.3) is 6.08 Å². The van der Waals surface area contributed by atoms with Crippen molar-refractivity contribution in [2.24, 2.45) is 4.99 Å². The zero-order chi connectivity index (χ0) is 19.5. The van der Waals surface area contributed by atoms with Crippen LogP contribution >= 0.6 is 11.8 Å². The summed E-state index contributed by atoms with van der Waals surface area (Å²) < 4.78 is 24.4. The maximum Gasteiger partial charge on any atom is 0.266 e. The molecule has 0 bridgehead atoms. The Bertz CT molecular complexity index is 917. The number of morpholine rings is 1. The van der Waals surface area contributed by atoms with Crippen molar-refractivity contribution in [1.29, 1.82) is 0 Å². The Morgan fingerprint density at radius 1 is 1.18 bits per heavy atom. The van der Waals surface area contributed by atoms with E-state index in [-0.39, 0.29) is 11.7 Å². The molecule has 2 fully saturated rings. The molecule has 0 aliphatic carbocycles. The Balaban J connectivity index is 1.55. The fraction of sp³-hybridized carbons (Fsp3) is 0.300. The maximum absolute atomic E-state index is 13.1. The van der Waals surface area contributed by atoms with E-state index in [4.69, 9.17) is 9.15 Å². The second-order valence-electron chi connectivity index (χ2n) is 6.31. The van der Waals surface area contributed by atoms with Crippen molar-refractivity contribution in [3.05, 3.63) is 52.9 Å². The number of aliphatic imine (C=N–C) groups is 1. The number of thioether (sulfide) groups is 1. The van der Waals surface area contributed by atoms with Gasteiger partial charge in [-0.1, -0.05) is 0 Å². The van der Waals surface area contributed by atoms with Crippen LogP contribution in [0.4, 0.5) is 16.0 Å². The molecule has 28 heavy (non-hydrogen) atoms. The number of carbonyl (C=O) groups excluding carboxylic acids is 1. The first-order chi connectivity index (χ1) is 13.6. The predicted octanol–water partition coefficient (Wildman–Crippen LogP) is 3.88. The van der Waals surface area contributed by atoms with E-state index in [9.17, 15) is 9.18 Å². The smallest absolute Gasteiger partial charge is 0.266 e. The number of likely N-dealkylation sites (N-methyl/N-ethyl adjacent to an activating group) is 1. The van der Waals surface area contributed by atoms with Crippen LogP contribution in [0, 0.1) is 5.82 Å². The van der Waals surface area contributed by atoms with E-state index in [1.165, 1.54) is 23.9 Å². The van der Waals surface area contributed by atoms with Gasteiger partial charge in [-0.15, -0.1) is 0 Å². The first-order valence-corrected chi connectivity index (χ1v) is 9.94. The molecule has 2 aromatic rings. The van der Waals surface area contributed by atoms with E-state index in [1.54, 1.807) is 23.1 Å². The van der Waals surface area contributed by atoms with Crippen molar-refractivity contribution >= 4 is 40.5 Å². The van der Waals surface area contributed by atoms with Crippen molar-refractivity contribution in [1.82, 2.24) is 4.90 Å². The molecule has 8 heteroatoms. The van der Waals surface area contributed by atoms with Crippen LogP contribution < -0.4 is 4.90 Å². The number of benzene rings is 1. The average molecular weight is 401 g/mol. The highest BCUT2D eigenvalue weighted by atomic mass is 32.2. The Labute approximate surface area is 166 Å². The Morgan fingerprint density at radius 3 is 2.64 bits per heavy atom. The van der Waals surface area contributed by atoms with Gasteiger partial charge in [-0.3, -0.25) is 9.69 Å². The molecule has 1 amide bonds. The van der Waals surface area contributed by atoms with E-state index in [0.29, 0.717) is 41.3 Å². The lowest BCUT2D eigenvalue weighted by molar-refractivity contribution is -0.122. The standard InChI is InChI=1S/C20H20FN3O3S/c1-2-24-19(25)17(28-20(24)22-15-5-3-14(21)4-6-15)13-16-7-8-18(27-16)23-9-11-26-12-10-23/h3-8,13H,2,9-12H2,1H3/b17-13-,22-20?. The molecule has 2 saturated heterocycles. The lowest BCUT2D eigenvalue weighted by Gasteiger charge is -2.26. The van der Waals surface area contributed by atoms with E-state index in [1.807, 2.05) is 19.1 Å². The van der Waals surface area contributed by atoms with E-state index in [0.717, 1.165) is 19.0 Å². The average Bonchev–Trinajstić information content (AvgIpc) is 3.29. The first-order valence-electron chi connectivity index (χ1n) is 9.12. The number of halogens is 1. The third kappa shape index (κ3) is 3.98. The van der Waals surface area contributed by atoms with Gasteiger partial charge < -0.3 is 14.1 Å². The Morgan fingerprint density at radius 2 is 1.93 bits per heavy atom. The minimum atomic E-state index is -0.319. The number of ether oxygens (including phenoxy) is 1. The lowest BCUT2D eigenvalue weighted by Crippen LogP contribution is -2.35. The molecular weight excluding hydrogens is 381 g/mol. The number of carbonyl (C=O) groups is 1. The summed E-state index contributed by atoms with van der Waals surface area (Å²) in [7, 11) is 0. The molecule has 2 aliphatic rings. The number of furan rings is 1. The van der Waals surface area contributed by atoms with Gasteiger partial charge in [-0.2, -0.15) is 0 Å². The van der Waals surface area contributed by atoms with Crippen molar-refractivity contribution in [3.63, 3.8) is 0 Å². The molecule has 2 aliphatic heterocycles. The van der Waals surface area contributed by atoms with Gasteiger partial charge in [0.2, 0.25) is 0 Å². The molecule has 0 spiro atoms. The second kappa shape index (κ2) is 8.20. The summed E-state index contributed by atoms with van der Waals surface area (Å²) in [5.41, 5.74) is 0.601. The molecule has 0 N–H and O–H groups in total. The van der Waals surface area contributed by atoms with Gasteiger partial charge in [-0.25, -0.2) is 9.38 Å². The molecule has 0 radical (unpaired) electrons. The summed E-state index contributed by atoms with van der Waals surface area (Å²) in [6.45, 7) is 5.33. The molecule has 146 valence electrons.